The van der Waals surface area contributed by atoms with E-state index in [0.29, 0.717) is 12.2 Å². The van der Waals surface area contributed by atoms with Crippen molar-refractivity contribution in [3.63, 3.8) is 0 Å². The number of phenolic OH excluding ortho intramolecular Hbond substituents is 1. The standard InChI is InChI=1S/C17H24O4/c1-11-12(2)16-13(10-14(11)18)7-9-17(3,21-16)8-5-6-15(19)20-4/h10,18H,5-9H2,1-4H3. The molecule has 0 spiro atoms. The lowest BCUT2D eigenvalue weighted by Gasteiger charge is -2.37. The fourth-order valence-electron chi connectivity index (χ4n) is 2.85. The van der Waals surface area contributed by atoms with Crippen LogP contribution in [0.3, 0.4) is 0 Å². The normalized spacial score (nSPS) is 20.6. The number of benzene rings is 1. The fraction of sp³-hybridized carbons (Fsp3) is 0.588. The zero-order valence-corrected chi connectivity index (χ0v) is 13.3. The second kappa shape index (κ2) is 5.96. The Morgan fingerprint density at radius 2 is 2.14 bits per heavy atom. The number of hydrogen-bond acceptors (Lipinski definition) is 4. The Balaban J connectivity index is 2.11. The summed E-state index contributed by atoms with van der Waals surface area (Å²) in [5.74, 6) is 1.06. The summed E-state index contributed by atoms with van der Waals surface area (Å²) >= 11 is 0. The third-order valence-corrected chi connectivity index (χ3v) is 4.48. The largest absolute Gasteiger partial charge is 0.508 e. The van der Waals surface area contributed by atoms with Crippen molar-refractivity contribution < 1.29 is 19.4 Å². The monoisotopic (exact) mass is 292 g/mol. The number of methoxy groups -OCH3 is 1. The number of rotatable bonds is 4. The molecule has 0 aromatic heterocycles. The maximum absolute atomic E-state index is 11.2. The van der Waals surface area contributed by atoms with Crippen molar-refractivity contribution in [2.75, 3.05) is 7.11 Å². The lowest BCUT2D eigenvalue weighted by molar-refractivity contribution is -0.140. The van der Waals surface area contributed by atoms with Crippen molar-refractivity contribution in [3.05, 3.63) is 22.8 Å². The number of aromatic hydroxyl groups is 1. The van der Waals surface area contributed by atoms with Crippen LogP contribution in [-0.2, 0) is 16.0 Å². The highest BCUT2D eigenvalue weighted by atomic mass is 16.5. The number of aryl methyl sites for hydroxylation is 1. The van der Waals surface area contributed by atoms with E-state index < -0.39 is 0 Å². The number of esters is 1. The molecule has 1 aliphatic rings. The molecular formula is C17H24O4. The molecule has 0 aliphatic carbocycles. The van der Waals surface area contributed by atoms with Gasteiger partial charge in [-0.3, -0.25) is 4.79 Å². The molecule has 0 radical (unpaired) electrons. The van der Waals surface area contributed by atoms with Gasteiger partial charge in [0.05, 0.1) is 7.11 Å². The zero-order chi connectivity index (χ0) is 15.6. The summed E-state index contributed by atoms with van der Waals surface area (Å²) in [5, 5.41) is 9.91. The van der Waals surface area contributed by atoms with Gasteiger partial charge in [0, 0.05) is 6.42 Å². The van der Waals surface area contributed by atoms with Crippen LogP contribution in [0.1, 0.15) is 49.3 Å². The molecule has 1 unspecified atom stereocenters. The van der Waals surface area contributed by atoms with Crippen molar-refractivity contribution in [2.24, 2.45) is 0 Å². The number of carbonyl (C=O) groups excluding carboxylic acids is 1. The minimum absolute atomic E-state index is 0.174. The smallest absolute Gasteiger partial charge is 0.305 e. The number of ether oxygens (including phenoxy) is 2. The summed E-state index contributed by atoms with van der Waals surface area (Å²) in [4.78, 5) is 11.2. The van der Waals surface area contributed by atoms with E-state index in [1.54, 1.807) is 0 Å². The maximum atomic E-state index is 11.2. The average Bonchev–Trinajstić information content (AvgIpc) is 2.46. The van der Waals surface area contributed by atoms with Crippen LogP contribution >= 0.6 is 0 Å². The summed E-state index contributed by atoms with van der Waals surface area (Å²) in [6, 6.07) is 1.81. The molecule has 0 saturated carbocycles. The third kappa shape index (κ3) is 3.31. The lowest BCUT2D eigenvalue weighted by atomic mass is 9.86. The van der Waals surface area contributed by atoms with Gasteiger partial charge in [-0.2, -0.15) is 0 Å². The van der Waals surface area contributed by atoms with Crippen molar-refractivity contribution >= 4 is 5.97 Å². The fourth-order valence-corrected chi connectivity index (χ4v) is 2.85. The van der Waals surface area contributed by atoms with Crippen molar-refractivity contribution in [2.45, 2.75) is 58.5 Å². The maximum Gasteiger partial charge on any atom is 0.305 e. The third-order valence-electron chi connectivity index (χ3n) is 4.48. The first kappa shape index (κ1) is 15.7. The first-order valence-electron chi connectivity index (χ1n) is 7.44. The number of hydrogen-bond donors (Lipinski definition) is 1. The molecule has 1 aromatic rings. The Morgan fingerprint density at radius 1 is 1.43 bits per heavy atom. The summed E-state index contributed by atoms with van der Waals surface area (Å²) in [6.45, 7) is 5.97. The molecule has 2 rings (SSSR count). The van der Waals surface area contributed by atoms with E-state index in [2.05, 4.69) is 11.7 Å². The predicted octanol–water partition coefficient (Wildman–Crippen LogP) is 3.44. The van der Waals surface area contributed by atoms with Crippen molar-refractivity contribution in [1.29, 1.82) is 0 Å². The molecule has 0 amide bonds. The molecular weight excluding hydrogens is 268 g/mol. The molecule has 1 aliphatic heterocycles. The number of phenols is 1. The van der Waals surface area contributed by atoms with Gasteiger partial charge in [-0.1, -0.05) is 0 Å². The van der Waals surface area contributed by atoms with Gasteiger partial charge < -0.3 is 14.6 Å². The van der Waals surface area contributed by atoms with Gasteiger partial charge >= 0.3 is 5.97 Å². The highest BCUT2D eigenvalue weighted by molar-refractivity contribution is 5.69. The van der Waals surface area contributed by atoms with Gasteiger partial charge in [0.15, 0.2) is 0 Å². The van der Waals surface area contributed by atoms with Crippen LogP contribution in [0.5, 0.6) is 11.5 Å². The quantitative estimate of drug-likeness (QED) is 0.864. The minimum atomic E-state index is -0.255. The first-order valence-corrected chi connectivity index (χ1v) is 7.44. The summed E-state index contributed by atoms with van der Waals surface area (Å²) in [7, 11) is 1.41. The lowest BCUT2D eigenvalue weighted by Crippen LogP contribution is -2.36. The van der Waals surface area contributed by atoms with Gasteiger partial charge in [0.25, 0.3) is 0 Å². The van der Waals surface area contributed by atoms with E-state index in [1.807, 2.05) is 19.9 Å². The summed E-state index contributed by atoms with van der Waals surface area (Å²) < 4.78 is 10.9. The van der Waals surface area contributed by atoms with Crippen molar-refractivity contribution in [1.82, 2.24) is 0 Å². The minimum Gasteiger partial charge on any atom is -0.508 e. The molecule has 116 valence electrons. The van der Waals surface area contributed by atoms with E-state index in [-0.39, 0.29) is 11.6 Å². The van der Waals surface area contributed by atoms with Crippen LogP contribution in [0.4, 0.5) is 0 Å². The van der Waals surface area contributed by atoms with Crippen LogP contribution in [0.2, 0.25) is 0 Å². The van der Waals surface area contributed by atoms with Gasteiger partial charge in [0.2, 0.25) is 0 Å². The van der Waals surface area contributed by atoms with Gasteiger partial charge in [-0.05, 0) is 69.2 Å². The molecule has 4 nitrogen and oxygen atoms in total. The highest BCUT2D eigenvalue weighted by Gasteiger charge is 2.33. The Morgan fingerprint density at radius 3 is 2.81 bits per heavy atom. The Bertz CT molecular complexity index is 550. The second-order valence-corrected chi connectivity index (χ2v) is 6.12. The predicted molar refractivity (Wildman–Crippen MR) is 80.8 cm³/mol. The first-order chi connectivity index (χ1) is 9.86. The molecule has 21 heavy (non-hydrogen) atoms. The highest BCUT2D eigenvalue weighted by Crippen LogP contribution is 2.41. The summed E-state index contributed by atoms with van der Waals surface area (Å²) in [6.07, 6.45) is 3.78. The van der Waals surface area contributed by atoms with E-state index in [1.165, 1.54) is 7.11 Å². The molecule has 0 bridgehead atoms. The SMILES string of the molecule is COC(=O)CCCC1(C)CCc2cc(O)c(C)c(C)c2O1. The van der Waals surface area contributed by atoms with Crippen LogP contribution in [0.15, 0.2) is 6.07 Å². The average molecular weight is 292 g/mol. The molecule has 1 N–H and O–H groups in total. The zero-order valence-electron chi connectivity index (χ0n) is 13.3. The van der Waals surface area contributed by atoms with Gasteiger partial charge in [-0.15, -0.1) is 0 Å². The topological polar surface area (TPSA) is 55.8 Å². The Labute approximate surface area is 126 Å². The number of fused-ring (bicyclic) bond motifs is 1. The molecule has 0 saturated heterocycles. The van der Waals surface area contributed by atoms with Gasteiger partial charge in [0.1, 0.15) is 17.1 Å². The second-order valence-electron chi connectivity index (χ2n) is 6.12. The van der Waals surface area contributed by atoms with Crippen LogP contribution in [0.25, 0.3) is 0 Å². The van der Waals surface area contributed by atoms with E-state index in [4.69, 9.17) is 4.74 Å². The number of carbonyl (C=O) groups is 1. The van der Waals surface area contributed by atoms with E-state index in [9.17, 15) is 9.90 Å². The van der Waals surface area contributed by atoms with Crippen molar-refractivity contribution in [3.8, 4) is 11.5 Å². The van der Waals surface area contributed by atoms with E-state index >= 15 is 0 Å². The van der Waals surface area contributed by atoms with E-state index in [0.717, 1.165) is 48.1 Å². The Kier molecular flexibility index (Phi) is 4.45. The van der Waals surface area contributed by atoms with Gasteiger partial charge in [-0.25, -0.2) is 0 Å². The molecule has 4 heteroatoms. The van der Waals surface area contributed by atoms with Crippen LogP contribution in [-0.4, -0.2) is 23.8 Å². The molecule has 0 fully saturated rings. The molecule has 1 aromatic carbocycles. The molecule has 1 heterocycles. The summed E-state index contributed by atoms with van der Waals surface area (Å²) in [5.41, 5.74) is 2.69. The van der Waals surface area contributed by atoms with Crippen LogP contribution < -0.4 is 4.74 Å². The Hall–Kier alpha value is -1.71. The van der Waals surface area contributed by atoms with Crippen LogP contribution in [0, 0.1) is 13.8 Å². The molecule has 1 atom stereocenters.